The predicted molar refractivity (Wildman–Crippen MR) is 125 cm³/mol. The van der Waals surface area contributed by atoms with Crippen LogP contribution in [0.4, 0.5) is 5.69 Å². The van der Waals surface area contributed by atoms with Crippen molar-refractivity contribution in [2.75, 3.05) is 25.2 Å². The number of carbonyl (C=O) groups is 1. The first-order valence-electron chi connectivity index (χ1n) is 9.64. The lowest BCUT2D eigenvalue weighted by Crippen LogP contribution is -2.22. The fourth-order valence-corrected chi connectivity index (χ4v) is 4.50. The average molecular weight is 473 g/mol. The monoisotopic (exact) mass is 472 g/mol. The highest BCUT2D eigenvalue weighted by molar-refractivity contribution is 7.99. The lowest BCUT2D eigenvalue weighted by molar-refractivity contribution is -0.113. The molecule has 9 nitrogen and oxygen atoms in total. The quantitative estimate of drug-likeness (QED) is 0.377. The fourth-order valence-electron chi connectivity index (χ4n) is 2.83. The van der Waals surface area contributed by atoms with Gasteiger partial charge >= 0.3 is 0 Å². The normalized spacial score (nSPS) is 11.5. The van der Waals surface area contributed by atoms with Gasteiger partial charge in [-0.25, -0.2) is 12.7 Å². The van der Waals surface area contributed by atoms with E-state index >= 15 is 0 Å². The Kier molecular flexibility index (Phi) is 7.44. The van der Waals surface area contributed by atoms with Crippen molar-refractivity contribution in [2.24, 2.45) is 0 Å². The molecule has 0 aliphatic carbocycles. The van der Waals surface area contributed by atoms with Gasteiger partial charge in [0, 0.05) is 44.3 Å². The summed E-state index contributed by atoms with van der Waals surface area (Å²) in [6.45, 7) is 6.07. The summed E-state index contributed by atoms with van der Waals surface area (Å²) in [5.74, 6) is 0.458. The van der Waals surface area contributed by atoms with Gasteiger partial charge < -0.3 is 5.32 Å². The zero-order valence-corrected chi connectivity index (χ0v) is 19.7. The standard InChI is InChI=1S/C21H24N6O3S2/c1-5-12-27-20(16-8-10-22-11-9-16)24-25-21(27)31-14-19(28)23-18-13-17(7-6-15(18)2)32(29,30)26(3)4/h5-11,13H,1,12,14H2,2-4H3,(H,23,28). The van der Waals surface area contributed by atoms with Crippen LogP contribution in [0, 0.1) is 6.92 Å². The topological polar surface area (TPSA) is 110 Å². The second-order valence-corrected chi connectivity index (χ2v) is 10.1. The zero-order chi connectivity index (χ0) is 23.3. The van der Waals surface area contributed by atoms with E-state index in [4.69, 9.17) is 0 Å². The summed E-state index contributed by atoms with van der Waals surface area (Å²) in [5, 5.41) is 11.8. The van der Waals surface area contributed by atoms with Gasteiger partial charge in [-0.05, 0) is 36.8 Å². The highest BCUT2D eigenvalue weighted by Crippen LogP contribution is 2.25. The molecule has 11 heteroatoms. The van der Waals surface area contributed by atoms with E-state index in [2.05, 4.69) is 27.1 Å². The van der Waals surface area contributed by atoms with E-state index in [0.717, 1.165) is 15.4 Å². The molecule has 0 saturated carbocycles. The molecule has 0 unspecified atom stereocenters. The van der Waals surface area contributed by atoms with E-state index in [1.807, 2.05) is 16.7 Å². The van der Waals surface area contributed by atoms with Crippen molar-refractivity contribution in [3.05, 3.63) is 60.9 Å². The Bertz CT molecular complexity index is 1220. The molecule has 0 bridgehead atoms. The molecule has 0 aliphatic heterocycles. The van der Waals surface area contributed by atoms with Gasteiger partial charge in [-0.2, -0.15) is 0 Å². The number of nitrogens with zero attached hydrogens (tertiary/aromatic N) is 5. The number of benzene rings is 1. The van der Waals surface area contributed by atoms with Crippen molar-refractivity contribution in [2.45, 2.75) is 23.5 Å². The molecule has 0 aliphatic rings. The zero-order valence-electron chi connectivity index (χ0n) is 18.0. The number of nitrogens with one attached hydrogen (secondary N) is 1. The Hall–Kier alpha value is -3.02. The van der Waals surface area contributed by atoms with Gasteiger partial charge in [-0.3, -0.25) is 14.3 Å². The summed E-state index contributed by atoms with van der Waals surface area (Å²) in [4.78, 5) is 16.7. The van der Waals surface area contributed by atoms with Gasteiger partial charge in [0.1, 0.15) is 0 Å². The van der Waals surface area contributed by atoms with Crippen molar-refractivity contribution in [1.29, 1.82) is 0 Å². The maximum Gasteiger partial charge on any atom is 0.242 e. The first kappa shape index (κ1) is 23.6. The van der Waals surface area contributed by atoms with Gasteiger partial charge in [0.05, 0.1) is 10.6 Å². The summed E-state index contributed by atoms with van der Waals surface area (Å²) >= 11 is 1.24. The van der Waals surface area contributed by atoms with Gasteiger partial charge in [0.2, 0.25) is 15.9 Å². The maximum atomic E-state index is 12.6. The summed E-state index contributed by atoms with van der Waals surface area (Å²) in [7, 11) is -0.677. The third-order valence-electron chi connectivity index (χ3n) is 4.56. The summed E-state index contributed by atoms with van der Waals surface area (Å²) in [5.41, 5.74) is 2.07. The second-order valence-electron chi connectivity index (χ2n) is 7.04. The van der Waals surface area contributed by atoms with E-state index in [0.29, 0.717) is 23.2 Å². The number of hydrogen-bond donors (Lipinski definition) is 1. The molecule has 0 spiro atoms. The molecule has 2 heterocycles. The molecular weight excluding hydrogens is 448 g/mol. The number of allylic oxidation sites excluding steroid dienone is 1. The number of amides is 1. The SMILES string of the molecule is C=CCn1c(SCC(=O)Nc2cc(S(=O)(=O)N(C)C)ccc2C)nnc1-c1ccncc1. The summed E-state index contributed by atoms with van der Waals surface area (Å²) in [6, 6.07) is 8.33. The summed E-state index contributed by atoms with van der Waals surface area (Å²) < 4.78 is 27.8. The van der Waals surface area contributed by atoms with Crippen LogP contribution in [0.15, 0.2) is 65.4 Å². The highest BCUT2D eigenvalue weighted by Gasteiger charge is 2.19. The number of rotatable bonds is 9. The molecule has 0 fully saturated rings. The minimum Gasteiger partial charge on any atom is -0.325 e. The molecule has 0 radical (unpaired) electrons. The van der Waals surface area contributed by atoms with Gasteiger partial charge in [-0.1, -0.05) is 23.9 Å². The average Bonchev–Trinajstić information content (AvgIpc) is 3.17. The van der Waals surface area contributed by atoms with E-state index in [1.165, 1.54) is 38.0 Å². The number of aromatic nitrogens is 4. The first-order chi connectivity index (χ1) is 15.2. The largest absolute Gasteiger partial charge is 0.325 e. The van der Waals surface area contributed by atoms with Crippen LogP contribution in [0.25, 0.3) is 11.4 Å². The molecule has 1 N–H and O–H groups in total. The number of anilines is 1. The molecule has 0 saturated heterocycles. The number of sulfonamides is 1. The molecular formula is C21H24N6O3S2. The van der Waals surface area contributed by atoms with Crippen LogP contribution in [0.5, 0.6) is 0 Å². The molecule has 3 rings (SSSR count). The minimum absolute atomic E-state index is 0.0791. The highest BCUT2D eigenvalue weighted by atomic mass is 32.2. The Balaban J connectivity index is 1.75. The third kappa shape index (κ3) is 5.23. The molecule has 0 atom stereocenters. The van der Waals surface area contributed by atoms with Gasteiger partial charge in [0.25, 0.3) is 0 Å². The van der Waals surface area contributed by atoms with Gasteiger partial charge in [0.15, 0.2) is 11.0 Å². The fraction of sp³-hybridized carbons (Fsp3) is 0.238. The number of thioether (sulfide) groups is 1. The van der Waals surface area contributed by atoms with Crippen LogP contribution < -0.4 is 5.32 Å². The molecule has 1 amide bonds. The molecule has 2 aromatic heterocycles. The summed E-state index contributed by atoms with van der Waals surface area (Å²) in [6.07, 6.45) is 5.09. The van der Waals surface area contributed by atoms with Crippen molar-refractivity contribution in [1.82, 2.24) is 24.1 Å². The van der Waals surface area contributed by atoms with Crippen molar-refractivity contribution < 1.29 is 13.2 Å². The van der Waals surface area contributed by atoms with Crippen LogP contribution in [-0.2, 0) is 21.4 Å². The Labute approximate surface area is 191 Å². The van der Waals surface area contributed by atoms with Crippen LogP contribution in [0.1, 0.15) is 5.56 Å². The molecule has 3 aromatic rings. The van der Waals surface area contributed by atoms with Crippen LogP contribution >= 0.6 is 11.8 Å². The number of pyridine rings is 1. The van der Waals surface area contributed by atoms with Crippen LogP contribution in [0.3, 0.4) is 0 Å². The Morgan fingerprint density at radius 2 is 1.94 bits per heavy atom. The lowest BCUT2D eigenvalue weighted by atomic mass is 10.2. The maximum absolute atomic E-state index is 12.6. The number of aryl methyl sites for hydroxylation is 1. The smallest absolute Gasteiger partial charge is 0.242 e. The van der Waals surface area contributed by atoms with E-state index in [-0.39, 0.29) is 16.6 Å². The number of carbonyl (C=O) groups excluding carboxylic acids is 1. The Morgan fingerprint density at radius 1 is 1.22 bits per heavy atom. The third-order valence-corrected chi connectivity index (χ3v) is 7.34. The predicted octanol–water partition coefficient (Wildman–Crippen LogP) is 2.82. The first-order valence-corrected chi connectivity index (χ1v) is 12.1. The van der Waals surface area contributed by atoms with Crippen molar-refractivity contribution >= 4 is 33.4 Å². The Morgan fingerprint density at radius 3 is 2.59 bits per heavy atom. The second kappa shape index (κ2) is 10.1. The minimum atomic E-state index is -3.60. The van der Waals surface area contributed by atoms with E-state index in [1.54, 1.807) is 31.5 Å². The van der Waals surface area contributed by atoms with Crippen molar-refractivity contribution in [3.8, 4) is 11.4 Å². The van der Waals surface area contributed by atoms with E-state index < -0.39 is 10.0 Å². The lowest BCUT2D eigenvalue weighted by Gasteiger charge is -2.14. The van der Waals surface area contributed by atoms with Gasteiger partial charge in [-0.15, -0.1) is 16.8 Å². The number of hydrogen-bond acceptors (Lipinski definition) is 7. The van der Waals surface area contributed by atoms with Crippen LogP contribution in [0.2, 0.25) is 0 Å². The van der Waals surface area contributed by atoms with E-state index in [9.17, 15) is 13.2 Å². The van der Waals surface area contributed by atoms with Crippen LogP contribution in [-0.4, -0.2) is 58.2 Å². The molecule has 1 aromatic carbocycles. The molecule has 168 valence electrons. The van der Waals surface area contributed by atoms with Crippen molar-refractivity contribution in [3.63, 3.8) is 0 Å². The molecule has 32 heavy (non-hydrogen) atoms.